The Morgan fingerprint density at radius 3 is 2.63 bits per heavy atom. The maximum atomic E-state index is 5.99. The maximum absolute atomic E-state index is 5.99. The third-order valence-corrected chi connectivity index (χ3v) is 3.26. The largest absolute Gasteiger partial charge is 0.398 e. The Bertz CT molecular complexity index is 551. The Balaban J connectivity index is 2.19. The van der Waals surface area contributed by atoms with Crippen LogP contribution in [0.15, 0.2) is 30.5 Å². The average Bonchev–Trinajstić information content (AvgIpc) is 2.40. The molecule has 0 amide bonds. The summed E-state index contributed by atoms with van der Waals surface area (Å²) >= 11 is 0. The van der Waals surface area contributed by atoms with Crippen molar-refractivity contribution in [2.45, 2.75) is 6.54 Å². The van der Waals surface area contributed by atoms with Gasteiger partial charge in [-0.05, 0) is 44.9 Å². The van der Waals surface area contributed by atoms with Crippen molar-refractivity contribution in [2.75, 3.05) is 40.0 Å². The van der Waals surface area contributed by atoms with Crippen molar-refractivity contribution in [3.05, 3.63) is 36.0 Å². The molecular weight excluding hydrogens is 236 g/mol. The highest BCUT2D eigenvalue weighted by molar-refractivity contribution is 5.92. The van der Waals surface area contributed by atoms with E-state index in [-0.39, 0.29) is 0 Å². The number of hydrogen-bond acceptors (Lipinski definition) is 4. The molecule has 19 heavy (non-hydrogen) atoms. The van der Waals surface area contributed by atoms with Crippen LogP contribution in [-0.4, -0.2) is 49.0 Å². The van der Waals surface area contributed by atoms with Crippen LogP contribution in [0.4, 0.5) is 5.69 Å². The van der Waals surface area contributed by atoms with E-state index in [9.17, 15) is 0 Å². The van der Waals surface area contributed by atoms with Gasteiger partial charge in [0.05, 0.1) is 5.52 Å². The molecule has 0 spiro atoms. The van der Waals surface area contributed by atoms with Crippen molar-refractivity contribution in [2.24, 2.45) is 0 Å². The smallest absolute Gasteiger partial charge is 0.0767 e. The molecule has 2 N–H and O–H groups in total. The van der Waals surface area contributed by atoms with Gasteiger partial charge >= 0.3 is 0 Å². The number of aromatic nitrogens is 1. The van der Waals surface area contributed by atoms with E-state index in [1.165, 1.54) is 5.56 Å². The first-order chi connectivity index (χ1) is 9.08. The molecule has 4 heteroatoms. The molecule has 0 atom stereocenters. The minimum Gasteiger partial charge on any atom is -0.398 e. The van der Waals surface area contributed by atoms with Crippen LogP contribution in [0.25, 0.3) is 10.9 Å². The fourth-order valence-electron chi connectivity index (χ4n) is 2.12. The molecule has 2 rings (SSSR count). The quantitative estimate of drug-likeness (QED) is 0.831. The topological polar surface area (TPSA) is 45.4 Å². The summed E-state index contributed by atoms with van der Waals surface area (Å²) in [5.74, 6) is 0. The number of benzene rings is 1. The molecule has 4 nitrogen and oxygen atoms in total. The van der Waals surface area contributed by atoms with Crippen LogP contribution in [0.3, 0.4) is 0 Å². The molecule has 0 aliphatic carbocycles. The molecule has 0 saturated carbocycles. The van der Waals surface area contributed by atoms with Crippen molar-refractivity contribution >= 4 is 16.6 Å². The Labute approximate surface area is 114 Å². The van der Waals surface area contributed by atoms with Gasteiger partial charge in [0.2, 0.25) is 0 Å². The molecule has 1 heterocycles. The fourth-order valence-corrected chi connectivity index (χ4v) is 2.12. The number of fused-ring (bicyclic) bond motifs is 1. The first-order valence-corrected chi connectivity index (χ1v) is 6.53. The number of hydrogen-bond donors (Lipinski definition) is 1. The molecule has 102 valence electrons. The third kappa shape index (κ3) is 3.43. The third-order valence-electron chi connectivity index (χ3n) is 3.26. The van der Waals surface area contributed by atoms with E-state index in [2.05, 4.69) is 42.0 Å². The number of nitrogen functional groups attached to an aromatic ring is 1. The van der Waals surface area contributed by atoms with E-state index in [1.54, 1.807) is 0 Å². The number of rotatable bonds is 5. The lowest BCUT2D eigenvalue weighted by molar-refractivity contribution is 0.277. The molecule has 0 aliphatic rings. The van der Waals surface area contributed by atoms with E-state index in [0.29, 0.717) is 0 Å². The molecule has 0 radical (unpaired) electrons. The van der Waals surface area contributed by atoms with Gasteiger partial charge < -0.3 is 15.5 Å². The Morgan fingerprint density at radius 1 is 1.11 bits per heavy atom. The van der Waals surface area contributed by atoms with Crippen LogP contribution in [0.1, 0.15) is 5.56 Å². The minimum absolute atomic E-state index is 0.794. The lowest BCUT2D eigenvalue weighted by atomic mass is 10.1. The van der Waals surface area contributed by atoms with Gasteiger partial charge in [-0.25, -0.2) is 0 Å². The van der Waals surface area contributed by atoms with E-state index in [1.807, 2.05) is 24.4 Å². The second-order valence-corrected chi connectivity index (χ2v) is 5.25. The summed E-state index contributed by atoms with van der Waals surface area (Å²) in [6.07, 6.45) is 1.82. The van der Waals surface area contributed by atoms with Gasteiger partial charge in [0.25, 0.3) is 0 Å². The summed E-state index contributed by atoms with van der Waals surface area (Å²) in [5, 5.41) is 1.04. The second kappa shape index (κ2) is 5.99. The van der Waals surface area contributed by atoms with Gasteiger partial charge in [-0.2, -0.15) is 0 Å². The summed E-state index contributed by atoms with van der Waals surface area (Å²) in [5.41, 5.74) is 9.03. The molecular formula is C15H22N4. The van der Waals surface area contributed by atoms with Crippen molar-refractivity contribution in [1.82, 2.24) is 14.8 Å². The standard InChI is InChI=1S/C15H22N4/c1-18(2)9-10-19(3)11-12-6-7-14(16)13-5-4-8-17-15(12)13/h4-8H,9-11,16H2,1-3H3. The van der Waals surface area contributed by atoms with Crippen molar-refractivity contribution in [1.29, 1.82) is 0 Å². The van der Waals surface area contributed by atoms with Gasteiger partial charge in [-0.1, -0.05) is 6.07 Å². The van der Waals surface area contributed by atoms with Gasteiger partial charge in [-0.3, -0.25) is 4.98 Å². The molecule has 1 aromatic carbocycles. The summed E-state index contributed by atoms with van der Waals surface area (Å²) in [6.45, 7) is 2.98. The zero-order valence-corrected chi connectivity index (χ0v) is 11.9. The van der Waals surface area contributed by atoms with E-state index in [4.69, 9.17) is 5.73 Å². The highest BCUT2D eigenvalue weighted by Crippen LogP contribution is 2.23. The lowest BCUT2D eigenvalue weighted by Crippen LogP contribution is -2.28. The molecule has 1 aromatic heterocycles. The average molecular weight is 258 g/mol. The fraction of sp³-hybridized carbons (Fsp3) is 0.400. The molecule has 0 aliphatic heterocycles. The molecule has 0 bridgehead atoms. The number of pyridine rings is 1. The maximum Gasteiger partial charge on any atom is 0.0767 e. The van der Waals surface area contributed by atoms with Gasteiger partial charge in [0, 0.05) is 36.9 Å². The zero-order valence-electron chi connectivity index (χ0n) is 11.9. The van der Waals surface area contributed by atoms with Crippen molar-refractivity contribution < 1.29 is 0 Å². The summed E-state index contributed by atoms with van der Waals surface area (Å²) in [4.78, 5) is 8.97. The first kappa shape index (κ1) is 13.8. The highest BCUT2D eigenvalue weighted by Gasteiger charge is 2.07. The zero-order chi connectivity index (χ0) is 13.8. The van der Waals surface area contributed by atoms with Gasteiger partial charge in [0.15, 0.2) is 0 Å². The molecule has 0 saturated heterocycles. The normalized spacial score (nSPS) is 11.6. The number of anilines is 1. The van der Waals surface area contributed by atoms with Crippen LogP contribution < -0.4 is 5.73 Å². The molecule has 0 unspecified atom stereocenters. The first-order valence-electron chi connectivity index (χ1n) is 6.53. The van der Waals surface area contributed by atoms with Crippen LogP contribution in [-0.2, 0) is 6.54 Å². The molecule has 0 fully saturated rings. The van der Waals surface area contributed by atoms with Crippen LogP contribution in [0.5, 0.6) is 0 Å². The summed E-state index contributed by atoms with van der Waals surface area (Å²) in [7, 11) is 6.32. The highest BCUT2D eigenvalue weighted by atomic mass is 15.1. The van der Waals surface area contributed by atoms with E-state index < -0.39 is 0 Å². The Morgan fingerprint density at radius 2 is 1.89 bits per heavy atom. The summed E-state index contributed by atoms with van der Waals surface area (Å²) < 4.78 is 0. The predicted molar refractivity (Wildman–Crippen MR) is 81.0 cm³/mol. The van der Waals surface area contributed by atoms with Crippen LogP contribution >= 0.6 is 0 Å². The van der Waals surface area contributed by atoms with Gasteiger partial charge in [-0.15, -0.1) is 0 Å². The van der Waals surface area contributed by atoms with Gasteiger partial charge in [0.1, 0.15) is 0 Å². The Kier molecular flexibility index (Phi) is 4.35. The number of nitrogens with zero attached hydrogens (tertiary/aromatic N) is 3. The number of likely N-dealkylation sites (N-methyl/N-ethyl adjacent to an activating group) is 2. The lowest BCUT2D eigenvalue weighted by Gasteiger charge is -2.20. The predicted octanol–water partition coefficient (Wildman–Crippen LogP) is 1.81. The molecule has 2 aromatic rings. The Hall–Kier alpha value is -1.65. The summed E-state index contributed by atoms with van der Waals surface area (Å²) in [6, 6.07) is 8.01. The monoisotopic (exact) mass is 258 g/mol. The SMILES string of the molecule is CN(C)CCN(C)Cc1ccc(N)c2cccnc12. The number of nitrogens with two attached hydrogens (primary N) is 1. The van der Waals surface area contributed by atoms with Crippen LogP contribution in [0, 0.1) is 0 Å². The van der Waals surface area contributed by atoms with E-state index in [0.717, 1.165) is 36.2 Å². The second-order valence-electron chi connectivity index (χ2n) is 5.25. The van der Waals surface area contributed by atoms with E-state index >= 15 is 0 Å². The van der Waals surface area contributed by atoms with Crippen molar-refractivity contribution in [3.63, 3.8) is 0 Å². The van der Waals surface area contributed by atoms with Crippen LogP contribution in [0.2, 0.25) is 0 Å². The minimum atomic E-state index is 0.794. The van der Waals surface area contributed by atoms with Crippen molar-refractivity contribution in [3.8, 4) is 0 Å².